The smallest absolute Gasteiger partial charge is 0.345 e. The number of carbonyl (C=O) groups is 3. The number of Topliss-reactive ketones (excluding diaryl/α,β-unsaturated/α-hetero) is 1. The minimum atomic E-state index is -1.05. The summed E-state index contributed by atoms with van der Waals surface area (Å²) in [6, 6.07) is 7.79. The number of nitro groups is 1. The summed E-state index contributed by atoms with van der Waals surface area (Å²) in [5, 5.41) is 13.7. The fraction of sp³-hybridized carbons (Fsp3) is 0.118. The predicted octanol–water partition coefficient (Wildman–Crippen LogP) is 2.62. The van der Waals surface area contributed by atoms with E-state index in [1.54, 1.807) is 0 Å². The van der Waals surface area contributed by atoms with E-state index in [0.29, 0.717) is 11.4 Å². The molecule has 0 spiro atoms. The molecule has 0 unspecified atom stereocenters. The summed E-state index contributed by atoms with van der Waals surface area (Å²) in [6.45, 7) is -0.758. The van der Waals surface area contributed by atoms with Crippen molar-refractivity contribution in [3.8, 4) is 5.75 Å². The molecule has 0 radical (unpaired) electrons. The topological polar surface area (TPSA) is 125 Å². The molecule has 0 aromatic heterocycles. The van der Waals surface area contributed by atoms with Gasteiger partial charge in [0.05, 0.1) is 10.6 Å². The first kappa shape index (κ1) is 18.3. The van der Waals surface area contributed by atoms with Crippen LogP contribution in [0.5, 0.6) is 5.75 Å². The number of nitrogens with one attached hydrogen (secondary N) is 1. The highest BCUT2D eigenvalue weighted by Gasteiger charge is 2.23. The second-order valence-electron chi connectivity index (χ2n) is 5.47. The highest BCUT2D eigenvalue weighted by molar-refractivity contribution is 6.31. The Kier molecular flexibility index (Phi) is 5.04. The number of benzene rings is 2. The fourth-order valence-electron chi connectivity index (χ4n) is 2.38. The molecule has 0 saturated carbocycles. The van der Waals surface area contributed by atoms with Gasteiger partial charge in [-0.3, -0.25) is 19.7 Å². The Hall–Kier alpha value is -3.46. The highest BCUT2D eigenvalue weighted by atomic mass is 35.5. The van der Waals surface area contributed by atoms with Gasteiger partial charge in [0, 0.05) is 16.7 Å². The number of carbonyl (C=O) groups excluding carboxylic acids is 3. The molecule has 0 atom stereocenters. The van der Waals surface area contributed by atoms with Crippen LogP contribution in [0.2, 0.25) is 5.02 Å². The van der Waals surface area contributed by atoms with Crippen molar-refractivity contribution in [1.82, 2.24) is 0 Å². The molecule has 1 N–H and O–H groups in total. The van der Waals surface area contributed by atoms with Crippen LogP contribution in [0.3, 0.4) is 0 Å². The Morgan fingerprint density at radius 3 is 2.78 bits per heavy atom. The van der Waals surface area contributed by atoms with Crippen LogP contribution in [-0.2, 0) is 9.53 Å². The number of halogens is 1. The van der Waals surface area contributed by atoms with Gasteiger partial charge in [-0.15, -0.1) is 0 Å². The molecule has 0 saturated heterocycles. The van der Waals surface area contributed by atoms with Gasteiger partial charge in [-0.25, -0.2) is 4.79 Å². The van der Waals surface area contributed by atoms with Crippen molar-refractivity contribution in [2.45, 2.75) is 0 Å². The first-order chi connectivity index (χ1) is 12.8. The van der Waals surface area contributed by atoms with E-state index < -0.39 is 29.0 Å². The van der Waals surface area contributed by atoms with Gasteiger partial charge in [-0.05, 0) is 30.3 Å². The number of fused-ring (bicyclic) bond motifs is 1. The largest absolute Gasteiger partial charge is 0.482 e. The number of anilines is 1. The molecule has 10 heteroatoms. The number of hydrogen-bond acceptors (Lipinski definition) is 7. The fourth-order valence-corrected chi connectivity index (χ4v) is 2.55. The molecule has 0 aliphatic carbocycles. The van der Waals surface area contributed by atoms with E-state index in [-0.39, 0.29) is 28.7 Å². The van der Waals surface area contributed by atoms with Crippen molar-refractivity contribution in [1.29, 1.82) is 0 Å². The minimum Gasteiger partial charge on any atom is -0.482 e. The summed E-state index contributed by atoms with van der Waals surface area (Å²) >= 11 is 5.76. The summed E-state index contributed by atoms with van der Waals surface area (Å²) in [7, 11) is 0. The number of nitrogens with zero attached hydrogens (tertiary/aromatic N) is 1. The summed E-state index contributed by atoms with van der Waals surface area (Å²) in [6.07, 6.45) is 0. The van der Waals surface area contributed by atoms with Crippen molar-refractivity contribution in [2.24, 2.45) is 0 Å². The van der Waals surface area contributed by atoms with Crippen molar-refractivity contribution < 1.29 is 28.8 Å². The van der Waals surface area contributed by atoms with Crippen LogP contribution < -0.4 is 10.1 Å². The molecule has 2 aromatic rings. The molecule has 1 aliphatic rings. The Morgan fingerprint density at radius 1 is 1.26 bits per heavy atom. The average molecular weight is 391 g/mol. The summed E-state index contributed by atoms with van der Waals surface area (Å²) in [5.74, 6) is -1.55. The van der Waals surface area contributed by atoms with Gasteiger partial charge in [0.1, 0.15) is 11.3 Å². The first-order valence-corrected chi connectivity index (χ1v) is 7.94. The summed E-state index contributed by atoms with van der Waals surface area (Å²) in [4.78, 5) is 46.0. The standard InChI is InChI=1S/C17H11ClN2O7/c18-10-2-3-13(20(24)25)11(6-10)17(23)27-7-14(21)9-1-4-15-12(5-9)19-16(22)8-26-15/h1-6H,7-8H2,(H,19,22). The molecule has 1 amide bonds. The van der Waals surface area contributed by atoms with Gasteiger partial charge in [0.2, 0.25) is 0 Å². The normalized spacial score (nSPS) is 12.4. The molecule has 1 aliphatic heterocycles. The lowest BCUT2D eigenvalue weighted by molar-refractivity contribution is -0.385. The molecule has 1 heterocycles. The Morgan fingerprint density at radius 2 is 2.04 bits per heavy atom. The van der Waals surface area contributed by atoms with Gasteiger partial charge in [-0.1, -0.05) is 11.6 Å². The van der Waals surface area contributed by atoms with Crippen molar-refractivity contribution in [2.75, 3.05) is 18.5 Å². The first-order valence-electron chi connectivity index (χ1n) is 7.56. The van der Waals surface area contributed by atoms with Crippen LogP contribution >= 0.6 is 11.6 Å². The zero-order chi connectivity index (χ0) is 19.6. The Bertz CT molecular complexity index is 974. The zero-order valence-electron chi connectivity index (χ0n) is 13.6. The number of rotatable bonds is 5. The third-order valence-corrected chi connectivity index (χ3v) is 3.88. The van der Waals surface area contributed by atoms with Crippen molar-refractivity contribution in [3.63, 3.8) is 0 Å². The van der Waals surface area contributed by atoms with E-state index in [1.165, 1.54) is 24.3 Å². The SMILES string of the molecule is O=C1COc2ccc(C(=O)COC(=O)c3cc(Cl)ccc3[N+](=O)[O-])cc2N1. The van der Waals surface area contributed by atoms with Gasteiger partial charge in [-0.2, -0.15) is 0 Å². The molecule has 3 rings (SSSR count). The van der Waals surface area contributed by atoms with Gasteiger partial charge < -0.3 is 14.8 Å². The summed E-state index contributed by atoms with van der Waals surface area (Å²) in [5.41, 5.74) is -0.334. The second kappa shape index (κ2) is 7.42. The molecule has 0 fully saturated rings. The van der Waals surface area contributed by atoms with E-state index in [4.69, 9.17) is 21.1 Å². The maximum Gasteiger partial charge on any atom is 0.345 e. The van der Waals surface area contributed by atoms with Gasteiger partial charge >= 0.3 is 5.97 Å². The van der Waals surface area contributed by atoms with Crippen LogP contribution in [0, 0.1) is 10.1 Å². The number of ether oxygens (including phenoxy) is 2. The maximum absolute atomic E-state index is 12.2. The van der Waals surface area contributed by atoms with E-state index in [9.17, 15) is 24.5 Å². The third kappa shape index (κ3) is 4.04. The molecule has 27 heavy (non-hydrogen) atoms. The van der Waals surface area contributed by atoms with E-state index in [1.807, 2.05) is 0 Å². The molecule has 138 valence electrons. The summed E-state index contributed by atoms with van der Waals surface area (Å²) < 4.78 is 10.1. The molecule has 9 nitrogen and oxygen atoms in total. The molecule has 2 aromatic carbocycles. The van der Waals surface area contributed by atoms with Crippen LogP contribution in [0.25, 0.3) is 0 Å². The quantitative estimate of drug-likeness (QED) is 0.360. The lowest BCUT2D eigenvalue weighted by atomic mass is 10.1. The average Bonchev–Trinajstić information content (AvgIpc) is 2.64. The molecule has 0 bridgehead atoms. The van der Waals surface area contributed by atoms with Crippen LogP contribution in [0.15, 0.2) is 36.4 Å². The monoisotopic (exact) mass is 390 g/mol. The number of ketones is 1. The van der Waals surface area contributed by atoms with Gasteiger partial charge in [0.15, 0.2) is 19.0 Å². The number of amides is 1. The predicted molar refractivity (Wildman–Crippen MR) is 93.3 cm³/mol. The van der Waals surface area contributed by atoms with Crippen molar-refractivity contribution in [3.05, 3.63) is 62.7 Å². The lowest BCUT2D eigenvalue weighted by Crippen LogP contribution is -2.25. The van der Waals surface area contributed by atoms with Gasteiger partial charge in [0.25, 0.3) is 11.6 Å². The van der Waals surface area contributed by atoms with E-state index in [2.05, 4.69) is 5.32 Å². The number of esters is 1. The Balaban J connectivity index is 1.72. The minimum absolute atomic E-state index is 0.115. The highest BCUT2D eigenvalue weighted by Crippen LogP contribution is 2.29. The van der Waals surface area contributed by atoms with Crippen LogP contribution in [0.4, 0.5) is 11.4 Å². The molecular weight excluding hydrogens is 380 g/mol. The van der Waals surface area contributed by atoms with E-state index >= 15 is 0 Å². The maximum atomic E-state index is 12.2. The van der Waals surface area contributed by atoms with Crippen molar-refractivity contribution >= 4 is 40.6 Å². The van der Waals surface area contributed by atoms with E-state index in [0.717, 1.165) is 12.1 Å². The Labute approximate surface area is 157 Å². The second-order valence-corrected chi connectivity index (χ2v) is 5.90. The molecular formula is C17H11ClN2O7. The van der Waals surface area contributed by atoms with Crippen LogP contribution in [0.1, 0.15) is 20.7 Å². The number of nitro benzene ring substituents is 1. The lowest BCUT2D eigenvalue weighted by Gasteiger charge is -2.18. The number of hydrogen-bond donors (Lipinski definition) is 1. The van der Waals surface area contributed by atoms with Crippen LogP contribution in [-0.4, -0.2) is 35.8 Å². The third-order valence-electron chi connectivity index (χ3n) is 3.64. The zero-order valence-corrected chi connectivity index (χ0v) is 14.3.